The molecular weight excluding hydrogens is 184 g/mol. The summed E-state index contributed by atoms with van der Waals surface area (Å²) in [4.78, 5) is 7.02. The molecule has 1 saturated heterocycles. The fourth-order valence-corrected chi connectivity index (χ4v) is 3.41. The largest absolute Gasteiger partial charge is 0.302 e. The summed E-state index contributed by atoms with van der Waals surface area (Å²) in [5.74, 6) is 5.60. The molecule has 3 aliphatic rings. The standard InChI is InChI=1S/C13H20N2/c1-2-14-13-5-11-8-15(7-10-3-4-10)9-12(11)6-13/h10-13H,1,3-9H2/t11-,12+,13?. The molecule has 82 valence electrons. The molecule has 2 saturated carbocycles. The van der Waals surface area contributed by atoms with Crippen molar-refractivity contribution in [3.63, 3.8) is 0 Å². The van der Waals surface area contributed by atoms with Crippen molar-refractivity contribution < 1.29 is 0 Å². The molecule has 2 heteroatoms. The van der Waals surface area contributed by atoms with Crippen LogP contribution in [0.15, 0.2) is 11.6 Å². The van der Waals surface area contributed by atoms with Gasteiger partial charge >= 0.3 is 0 Å². The predicted octanol–water partition coefficient (Wildman–Crippen LogP) is 1.96. The average Bonchev–Trinajstić information content (AvgIpc) is 2.79. The number of fused-ring (bicyclic) bond motifs is 1. The summed E-state index contributed by atoms with van der Waals surface area (Å²) >= 11 is 0. The summed E-state index contributed by atoms with van der Waals surface area (Å²) in [6, 6.07) is 0.542. The first kappa shape index (κ1) is 9.62. The summed E-state index contributed by atoms with van der Waals surface area (Å²) in [5.41, 5.74) is 0. The Morgan fingerprint density at radius 1 is 1.20 bits per heavy atom. The van der Waals surface area contributed by atoms with Gasteiger partial charge in [0, 0.05) is 19.6 Å². The molecule has 1 heterocycles. The zero-order valence-electron chi connectivity index (χ0n) is 9.36. The SMILES string of the molecule is C=C=NC1C[C@@H]2CN(CC3CC3)C[C@@H]2C1. The highest BCUT2D eigenvalue weighted by Gasteiger charge is 2.41. The highest BCUT2D eigenvalue weighted by molar-refractivity contribution is 5.46. The molecular formula is C13H20N2. The van der Waals surface area contributed by atoms with Crippen LogP contribution in [0.25, 0.3) is 0 Å². The van der Waals surface area contributed by atoms with Crippen molar-refractivity contribution in [3.05, 3.63) is 6.58 Å². The van der Waals surface area contributed by atoms with Gasteiger partial charge in [-0.25, -0.2) is 4.99 Å². The van der Waals surface area contributed by atoms with E-state index in [0.717, 1.165) is 17.8 Å². The minimum atomic E-state index is 0.542. The lowest BCUT2D eigenvalue weighted by Gasteiger charge is -2.16. The number of rotatable bonds is 3. The fourth-order valence-electron chi connectivity index (χ4n) is 3.41. The Hall–Kier alpha value is -0.590. The topological polar surface area (TPSA) is 15.6 Å². The maximum Gasteiger partial charge on any atom is 0.0600 e. The molecule has 0 aromatic carbocycles. The monoisotopic (exact) mass is 204 g/mol. The van der Waals surface area contributed by atoms with Gasteiger partial charge in [0.25, 0.3) is 0 Å². The molecule has 1 unspecified atom stereocenters. The molecule has 0 amide bonds. The van der Waals surface area contributed by atoms with Crippen molar-refractivity contribution in [2.75, 3.05) is 19.6 Å². The summed E-state index contributed by atoms with van der Waals surface area (Å²) in [5, 5.41) is 0. The van der Waals surface area contributed by atoms with Crippen molar-refractivity contribution in [1.82, 2.24) is 4.90 Å². The molecule has 2 aliphatic carbocycles. The fraction of sp³-hybridized carbons (Fsp3) is 0.846. The average molecular weight is 204 g/mol. The number of aliphatic imine (C=N–C) groups is 1. The molecule has 0 aromatic rings. The van der Waals surface area contributed by atoms with Gasteiger partial charge in [-0.2, -0.15) is 0 Å². The summed E-state index contributed by atoms with van der Waals surface area (Å²) < 4.78 is 0. The molecule has 0 N–H and O–H groups in total. The van der Waals surface area contributed by atoms with E-state index in [4.69, 9.17) is 0 Å². The van der Waals surface area contributed by atoms with Gasteiger partial charge in [0.2, 0.25) is 0 Å². The molecule has 0 bridgehead atoms. The molecule has 3 rings (SSSR count). The van der Waals surface area contributed by atoms with Crippen molar-refractivity contribution in [3.8, 4) is 0 Å². The first-order valence-electron chi connectivity index (χ1n) is 6.29. The first-order chi connectivity index (χ1) is 7.35. The summed E-state index contributed by atoms with van der Waals surface area (Å²) in [6.07, 6.45) is 5.53. The van der Waals surface area contributed by atoms with Gasteiger partial charge in [-0.1, -0.05) is 0 Å². The molecule has 15 heavy (non-hydrogen) atoms. The molecule has 0 radical (unpaired) electrons. The van der Waals surface area contributed by atoms with Crippen molar-refractivity contribution in [1.29, 1.82) is 0 Å². The molecule has 1 aliphatic heterocycles. The van der Waals surface area contributed by atoms with E-state index in [-0.39, 0.29) is 0 Å². The van der Waals surface area contributed by atoms with Crippen LogP contribution >= 0.6 is 0 Å². The van der Waals surface area contributed by atoms with E-state index in [1.165, 1.54) is 45.3 Å². The zero-order valence-corrected chi connectivity index (χ0v) is 9.36. The molecule has 3 atom stereocenters. The molecule has 3 fully saturated rings. The van der Waals surface area contributed by atoms with Crippen LogP contribution < -0.4 is 0 Å². The zero-order chi connectivity index (χ0) is 10.3. The van der Waals surface area contributed by atoms with E-state index < -0.39 is 0 Å². The Morgan fingerprint density at radius 3 is 2.40 bits per heavy atom. The van der Waals surface area contributed by atoms with E-state index in [1.807, 2.05) is 0 Å². The van der Waals surface area contributed by atoms with Crippen LogP contribution in [0.2, 0.25) is 0 Å². The Kier molecular flexibility index (Phi) is 2.42. The molecule has 0 spiro atoms. The lowest BCUT2D eigenvalue weighted by Crippen LogP contribution is -2.25. The second-order valence-corrected chi connectivity index (χ2v) is 5.59. The second kappa shape index (κ2) is 3.77. The Bertz CT molecular complexity index is 275. The van der Waals surface area contributed by atoms with Crippen LogP contribution in [-0.2, 0) is 0 Å². The highest BCUT2D eigenvalue weighted by atomic mass is 15.2. The van der Waals surface area contributed by atoms with Gasteiger partial charge < -0.3 is 4.90 Å². The van der Waals surface area contributed by atoms with Crippen LogP contribution in [0.5, 0.6) is 0 Å². The maximum absolute atomic E-state index is 4.32. The van der Waals surface area contributed by atoms with E-state index in [9.17, 15) is 0 Å². The molecule has 2 nitrogen and oxygen atoms in total. The number of likely N-dealkylation sites (tertiary alicyclic amines) is 1. The normalized spacial score (nSPS) is 40.1. The number of nitrogens with zero attached hydrogens (tertiary/aromatic N) is 2. The second-order valence-electron chi connectivity index (χ2n) is 5.59. The van der Waals surface area contributed by atoms with Crippen LogP contribution in [-0.4, -0.2) is 36.4 Å². The first-order valence-corrected chi connectivity index (χ1v) is 6.29. The number of hydrogen-bond donors (Lipinski definition) is 0. The smallest absolute Gasteiger partial charge is 0.0600 e. The number of hydrogen-bond acceptors (Lipinski definition) is 2. The summed E-state index contributed by atoms with van der Waals surface area (Å²) in [6.45, 7) is 7.63. The lowest BCUT2D eigenvalue weighted by molar-refractivity contribution is 0.295. The van der Waals surface area contributed by atoms with Gasteiger partial charge in [-0.3, -0.25) is 0 Å². The minimum absolute atomic E-state index is 0.542. The van der Waals surface area contributed by atoms with Gasteiger partial charge in [0.1, 0.15) is 0 Å². The van der Waals surface area contributed by atoms with Crippen LogP contribution in [0.3, 0.4) is 0 Å². The highest BCUT2D eigenvalue weighted by Crippen LogP contribution is 2.41. The molecule has 0 aromatic heterocycles. The van der Waals surface area contributed by atoms with E-state index in [0.29, 0.717) is 6.04 Å². The third kappa shape index (κ3) is 2.02. The van der Waals surface area contributed by atoms with E-state index in [1.54, 1.807) is 0 Å². The Labute approximate surface area is 92.1 Å². The van der Waals surface area contributed by atoms with Crippen molar-refractivity contribution in [2.45, 2.75) is 31.7 Å². The van der Waals surface area contributed by atoms with E-state index in [2.05, 4.69) is 22.3 Å². The minimum Gasteiger partial charge on any atom is -0.302 e. The quantitative estimate of drug-likeness (QED) is 0.642. The van der Waals surface area contributed by atoms with Gasteiger partial charge in [-0.15, -0.1) is 0 Å². The predicted molar refractivity (Wildman–Crippen MR) is 62.2 cm³/mol. The van der Waals surface area contributed by atoms with Crippen molar-refractivity contribution >= 4 is 5.87 Å². The maximum atomic E-state index is 4.32. The van der Waals surface area contributed by atoms with Gasteiger partial charge in [0.05, 0.1) is 6.04 Å². The Balaban J connectivity index is 1.53. The van der Waals surface area contributed by atoms with Gasteiger partial charge in [0.15, 0.2) is 0 Å². The van der Waals surface area contributed by atoms with Gasteiger partial charge in [-0.05, 0) is 55.9 Å². The lowest BCUT2D eigenvalue weighted by atomic mass is 10.0. The van der Waals surface area contributed by atoms with Crippen LogP contribution in [0.1, 0.15) is 25.7 Å². The third-order valence-corrected chi connectivity index (χ3v) is 4.29. The third-order valence-electron chi connectivity index (χ3n) is 4.29. The Morgan fingerprint density at radius 2 is 1.87 bits per heavy atom. The van der Waals surface area contributed by atoms with E-state index >= 15 is 0 Å². The summed E-state index contributed by atoms with van der Waals surface area (Å²) in [7, 11) is 0. The van der Waals surface area contributed by atoms with Crippen LogP contribution in [0.4, 0.5) is 0 Å². The van der Waals surface area contributed by atoms with Crippen molar-refractivity contribution in [2.24, 2.45) is 22.7 Å². The van der Waals surface area contributed by atoms with Crippen LogP contribution in [0, 0.1) is 17.8 Å².